The van der Waals surface area contributed by atoms with E-state index in [0.717, 1.165) is 22.4 Å². The molecule has 2 N–H and O–H groups in total. The standard InChI is InChI=1S/C17H18N2O4S/c1-9-5-11-12(7-23-14(11)6-10(9)2)16(20)18-4-3-15-19-13(8-24-15)17(21)22/h5-6,8,12H,3-4,7H2,1-2H3,(H,18,20)(H,21,22). The van der Waals surface area contributed by atoms with E-state index in [2.05, 4.69) is 10.3 Å². The van der Waals surface area contributed by atoms with Crippen molar-refractivity contribution in [1.82, 2.24) is 10.3 Å². The van der Waals surface area contributed by atoms with Crippen LogP contribution in [0.5, 0.6) is 5.75 Å². The van der Waals surface area contributed by atoms with Gasteiger partial charge in [-0.3, -0.25) is 4.79 Å². The number of fused-ring (bicyclic) bond motifs is 1. The summed E-state index contributed by atoms with van der Waals surface area (Å²) in [6.07, 6.45) is 0.511. The van der Waals surface area contributed by atoms with E-state index in [1.807, 2.05) is 26.0 Å². The Morgan fingerprint density at radius 3 is 2.83 bits per heavy atom. The summed E-state index contributed by atoms with van der Waals surface area (Å²) in [5, 5.41) is 13.9. The molecule has 1 aromatic carbocycles. The van der Waals surface area contributed by atoms with Gasteiger partial charge in [0.05, 0.1) is 5.01 Å². The Balaban J connectivity index is 1.59. The molecule has 6 nitrogen and oxygen atoms in total. The Hall–Kier alpha value is -2.41. The van der Waals surface area contributed by atoms with E-state index < -0.39 is 5.97 Å². The molecule has 7 heteroatoms. The first-order valence-corrected chi connectivity index (χ1v) is 8.53. The molecule has 1 amide bonds. The lowest BCUT2D eigenvalue weighted by atomic mass is 9.96. The van der Waals surface area contributed by atoms with Crippen molar-refractivity contribution in [3.63, 3.8) is 0 Å². The number of nitrogens with one attached hydrogen (secondary N) is 1. The minimum absolute atomic E-state index is 0.0466. The summed E-state index contributed by atoms with van der Waals surface area (Å²) in [6.45, 7) is 4.81. The molecule has 2 heterocycles. The Morgan fingerprint density at radius 1 is 1.38 bits per heavy atom. The fourth-order valence-electron chi connectivity index (χ4n) is 2.63. The van der Waals surface area contributed by atoms with Crippen LogP contribution in [0.3, 0.4) is 0 Å². The number of carbonyl (C=O) groups is 2. The van der Waals surface area contributed by atoms with Crippen LogP contribution < -0.4 is 10.1 Å². The van der Waals surface area contributed by atoms with Gasteiger partial charge in [0.15, 0.2) is 5.69 Å². The van der Waals surface area contributed by atoms with Gasteiger partial charge in [-0.1, -0.05) is 6.07 Å². The number of benzene rings is 1. The lowest BCUT2D eigenvalue weighted by molar-refractivity contribution is -0.122. The third-order valence-electron chi connectivity index (χ3n) is 4.13. The molecular formula is C17H18N2O4S. The number of aromatic carboxylic acids is 1. The molecule has 1 aromatic heterocycles. The maximum atomic E-state index is 12.4. The second-order valence-corrected chi connectivity index (χ2v) is 6.75. The van der Waals surface area contributed by atoms with E-state index in [1.165, 1.54) is 16.7 Å². The summed E-state index contributed by atoms with van der Waals surface area (Å²) in [5.41, 5.74) is 3.26. The molecular weight excluding hydrogens is 328 g/mol. The highest BCUT2D eigenvalue weighted by atomic mass is 32.1. The predicted molar refractivity (Wildman–Crippen MR) is 89.9 cm³/mol. The zero-order valence-electron chi connectivity index (χ0n) is 13.5. The van der Waals surface area contributed by atoms with E-state index >= 15 is 0 Å². The molecule has 1 atom stereocenters. The van der Waals surface area contributed by atoms with Crippen molar-refractivity contribution in [2.24, 2.45) is 0 Å². The van der Waals surface area contributed by atoms with Gasteiger partial charge in [0.25, 0.3) is 0 Å². The Bertz CT molecular complexity index is 800. The number of thiazole rings is 1. The van der Waals surface area contributed by atoms with E-state index in [0.29, 0.717) is 24.6 Å². The number of nitrogens with zero attached hydrogens (tertiary/aromatic N) is 1. The number of rotatable bonds is 5. The molecule has 0 bridgehead atoms. The molecule has 3 rings (SSSR count). The van der Waals surface area contributed by atoms with Crippen LogP contribution in [0.1, 0.15) is 38.1 Å². The molecule has 0 spiro atoms. The zero-order valence-corrected chi connectivity index (χ0v) is 14.3. The first-order valence-electron chi connectivity index (χ1n) is 7.65. The van der Waals surface area contributed by atoms with Crippen LogP contribution >= 0.6 is 11.3 Å². The molecule has 126 valence electrons. The topological polar surface area (TPSA) is 88.5 Å². The predicted octanol–water partition coefficient (Wildman–Crippen LogP) is 2.29. The van der Waals surface area contributed by atoms with Crippen molar-refractivity contribution >= 4 is 23.2 Å². The number of ether oxygens (including phenoxy) is 1. The number of amides is 1. The fraction of sp³-hybridized carbons (Fsp3) is 0.353. The average Bonchev–Trinajstić information content (AvgIpc) is 3.15. The highest BCUT2D eigenvalue weighted by molar-refractivity contribution is 7.09. The van der Waals surface area contributed by atoms with E-state index in [4.69, 9.17) is 9.84 Å². The summed E-state index contributed by atoms with van der Waals surface area (Å²) in [7, 11) is 0. The summed E-state index contributed by atoms with van der Waals surface area (Å²) < 4.78 is 5.63. The van der Waals surface area contributed by atoms with Crippen LogP contribution in [-0.2, 0) is 11.2 Å². The molecule has 0 aliphatic carbocycles. The summed E-state index contributed by atoms with van der Waals surface area (Å²) in [5.74, 6) is -0.631. The Kier molecular flexibility index (Phi) is 4.53. The van der Waals surface area contributed by atoms with Gasteiger partial charge < -0.3 is 15.2 Å². The smallest absolute Gasteiger partial charge is 0.355 e. The third-order valence-corrected chi connectivity index (χ3v) is 5.04. The highest BCUT2D eigenvalue weighted by Gasteiger charge is 2.30. The molecule has 0 saturated carbocycles. The van der Waals surface area contributed by atoms with Crippen molar-refractivity contribution in [3.8, 4) is 5.75 Å². The van der Waals surface area contributed by atoms with Crippen molar-refractivity contribution in [2.45, 2.75) is 26.2 Å². The number of aryl methyl sites for hydroxylation is 2. The molecule has 1 unspecified atom stereocenters. The molecule has 1 aliphatic heterocycles. The number of carboxylic acids is 1. The minimum Gasteiger partial charge on any atom is -0.492 e. The summed E-state index contributed by atoms with van der Waals surface area (Å²) >= 11 is 1.29. The van der Waals surface area contributed by atoms with Gasteiger partial charge in [-0.15, -0.1) is 11.3 Å². The second kappa shape index (κ2) is 6.60. The summed E-state index contributed by atoms with van der Waals surface area (Å²) in [4.78, 5) is 27.2. The van der Waals surface area contributed by atoms with Gasteiger partial charge in [-0.2, -0.15) is 0 Å². The molecule has 0 saturated heterocycles. The van der Waals surface area contributed by atoms with Crippen LogP contribution in [0.2, 0.25) is 0 Å². The monoisotopic (exact) mass is 346 g/mol. The Morgan fingerprint density at radius 2 is 2.12 bits per heavy atom. The lowest BCUT2D eigenvalue weighted by Gasteiger charge is -2.10. The van der Waals surface area contributed by atoms with Gasteiger partial charge in [0.1, 0.15) is 18.3 Å². The normalized spacial score (nSPS) is 15.7. The van der Waals surface area contributed by atoms with Crippen molar-refractivity contribution in [2.75, 3.05) is 13.2 Å². The van der Waals surface area contributed by atoms with Crippen molar-refractivity contribution < 1.29 is 19.4 Å². The fourth-order valence-corrected chi connectivity index (χ4v) is 3.40. The molecule has 24 heavy (non-hydrogen) atoms. The average molecular weight is 346 g/mol. The van der Waals surface area contributed by atoms with E-state index in [1.54, 1.807) is 0 Å². The second-order valence-electron chi connectivity index (χ2n) is 5.81. The number of hydrogen-bond acceptors (Lipinski definition) is 5. The number of carbonyl (C=O) groups excluding carboxylic acids is 1. The molecule has 0 radical (unpaired) electrons. The van der Waals surface area contributed by atoms with Crippen LogP contribution in [0.4, 0.5) is 0 Å². The first kappa shape index (κ1) is 16.4. The van der Waals surface area contributed by atoms with Gasteiger partial charge in [0.2, 0.25) is 5.91 Å². The van der Waals surface area contributed by atoms with Crippen LogP contribution in [-0.4, -0.2) is 35.1 Å². The molecule has 2 aromatic rings. The molecule has 0 fully saturated rings. The molecule has 1 aliphatic rings. The third kappa shape index (κ3) is 3.26. The van der Waals surface area contributed by atoms with Gasteiger partial charge in [-0.05, 0) is 31.0 Å². The lowest BCUT2D eigenvalue weighted by Crippen LogP contribution is -2.31. The maximum absolute atomic E-state index is 12.4. The van der Waals surface area contributed by atoms with Gasteiger partial charge >= 0.3 is 5.97 Å². The Labute approximate surface area is 143 Å². The van der Waals surface area contributed by atoms with E-state index in [-0.39, 0.29) is 17.5 Å². The first-order chi connectivity index (χ1) is 11.5. The van der Waals surface area contributed by atoms with E-state index in [9.17, 15) is 9.59 Å². The quantitative estimate of drug-likeness (QED) is 0.867. The van der Waals surface area contributed by atoms with Crippen LogP contribution in [0.25, 0.3) is 0 Å². The highest BCUT2D eigenvalue weighted by Crippen LogP contribution is 2.36. The van der Waals surface area contributed by atoms with Crippen LogP contribution in [0, 0.1) is 13.8 Å². The van der Waals surface area contributed by atoms with Crippen molar-refractivity contribution in [3.05, 3.63) is 44.9 Å². The number of aromatic nitrogens is 1. The number of hydrogen-bond donors (Lipinski definition) is 2. The minimum atomic E-state index is -1.04. The SMILES string of the molecule is Cc1cc2c(cc1C)C(C(=O)NCCc1nc(C(=O)O)cs1)CO2. The van der Waals surface area contributed by atoms with Crippen LogP contribution in [0.15, 0.2) is 17.5 Å². The van der Waals surface area contributed by atoms with Crippen molar-refractivity contribution in [1.29, 1.82) is 0 Å². The summed E-state index contributed by atoms with van der Waals surface area (Å²) in [6, 6.07) is 3.99. The van der Waals surface area contributed by atoms with Gasteiger partial charge in [0, 0.05) is 23.9 Å². The largest absolute Gasteiger partial charge is 0.492 e. The maximum Gasteiger partial charge on any atom is 0.355 e. The zero-order chi connectivity index (χ0) is 17.3. The van der Waals surface area contributed by atoms with Gasteiger partial charge in [-0.25, -0.2) is 9.78 Å². The number of carboxylic acid groups (broad SMARTS) is 1.